The minimum Gasteiger partial charge on any atom is -0.273 e. The standard InChI is InChI=1S/C11H7BrN2O2/c12-8-4-1-3-7-9(8)11(16)14(10(7)15)6-2-5-13/h1,3-4H,2,6H2. The summed E-state index contributed by atoms with van der Waals surface area (Å²) in [6.07, 6.45) is 0.156. The molecule has 1 aromatic carbocycles. The number of rotatable bonds is 2. The van der Waals surface area contributed by atoms with Crippen LogP contribution in [0.5, 0.6) is 0 Å². The number of halogens is 1. The van der Waals surface area contributed by atoms with E-state index in [0.717, 1.165) is 4.90 Å². The SMILES string of the molecule is N#CCCN1C(=O)c2cccc(Br)c2C1=O. The molecular formula is C11H7BrN2O2. The molecule has 0 bridgehead atoms. The number of amides is 2. The van der Waals surface area contributed by atoms with E-state index < -0.39 is 0 Å². The maximum absolute atomic E-state index is 11.9. The molecule has 1 aromatic rings. The van der Waals surface area contributed by atoms with E-state index in [4.69, 9.17) is 5.26 Å². The van der Waals surface area contributed by atoms with Crippen LogP contribution < -0.4 is 0 Å². The summed E-state index contributed by atoms with van der Waals surface area (Å²) in [5.41, 5.74) is 0.794. The van der Waals surface area contributed by atoms with Crippen LogP contribution in [-0.2, 0) is 0 Å². The van der Waals surface area contributed by atoms with Gasteiger partial charge in [0.15, 0.2) is 0 Å². The summed E-state index contributed by atoms with van der Waals surface area (Å²) >= 11 is 3.25. The molecule has 5 heteroatoms. The fraction of sp³-hybridized carbons (Fsp3) is 0.182. The highest BCUT2D eigenvalue weighted by atomic mass is 79.9. The third-order valence-corrected chi connectivity index (χ3v) is 3.06. The monoisotopic (exact) mass is 278 g/mol. The van der Waals surface area contributed by atoms with Crippen molar-refractivity contribution in [1.82, 2.24) is 4.90 Å². The first-order chi connectivity index (χ1) is 7.66. The number of nitriles is 1. The van der Waals surface area contributed by atoms with Crippen LogP contribution >= 0.6 is 15.9 Å². The Morgan fingerprint density at radius 2 is 2.06 bits per heavy atom. The number of hydrogen-bond donors (Lipinski definition) is 0. The number of fused-ring (bicyclic) bond motifs is 1. The van der Waals surface area contributed by atoms with Gasteiger partial charge in [-0.15, -0.1) is 0 Å². The summed E-state index contributed by atoms with van der Waals surface area (Å²) in [4.78, 5) is 24.8. The summed E-state index contributed by atoms with van der Waals surface area (Å²) in [7, 11) is 0. The Hall–Kier alpha value is -1.67. The van der Waals surface area contributed by atoms with Crippen molar-refractivity contribution in [3.05, 3.63) is 33.8 Å². The van der Waals surface area contributed by atoms with E-state index in [0.29, 0.717) is 15.6 Å². The number of carbonyl (C=O) groups excluding carboxylic acids is 2. The van der Waals surface area contributed by atoms with Gasteiger partial charge in [0.25, 0.3) is 11.8 Å². The number of carbonyl (C=O) groups is 2. The van der Waals surface area contributed by atoms with E-state index in [-0.39, 0.29) is 24.8 Å². The van der Waals surface area contributed by atoms with Crippen molar-refractivity contribution < 1.29 is 9.59 Å². The fourth-order valence-electron chi connectivity index (χ4n) is 1.66. The quantitative estimate of drug-likeness (QED) is 0.777. The van der Waals surface area contributed by atoms with Crippen LogP contribution in [0.1, 0.15) is 27.1 Å². The van der Waals surface area contributed by atoms with E-state index in [9.17, 15) is 9.59 Å². The van der Waals surface area contributed by atoms with Gasteiger partial charge in [0.2, 0.25) is 0 Å². The summed E-state index contributed by atoms with van der Waals surface area (Å²) in [6.45, 7) is 0.148. The Morgan fingerprint density at radius 3 is 2.69 bits per heavy atom. The van der Waals surface area contributed by atoms with Gasteiger partial charge in [-0.05, 0) is 28.1 Å². The first-order valence-electron chi connectivity index (χ1n) is 4.68. The van der Waals surface area contributed by atoms with Crippen LogP contribution in [0.4, 0.5) is 0 Å². The van der Waals surface area contributed by atoms with Gasteiger partial charge in [0, 0.05) is 11.0 Å². The van der Waals surface area contributed by atoms with Gasteiger partial charge < -0.3 is 0 Å². The second kappa shape index (κ2) is 4.06. The number of hydrogen-bond acceptors (Lipinski definition) is 3. The third kappa shape index (κ3) is 1.51. The second-order valence-electron chi connectivity index (χ2n) is 3.33. The van der Waals surface area contributed by atoms with Gasteiger partial charge in [-0.1, -0.05) is 6.07 Å². The smallest absolute Gasteiger partial charge is 0.262 e. The Labute approximate surface area is 101 Å². The van der Waals surface area contributed by atoms with E-state index in [1.54, 1.807) is 18.2 Å². The normalized spacial score (nSPS) is 13.9. The summed E-state index contributed by atoms with van der Waals surface area (Å²) in [6, 6.07) is 6.97. The first-order valence-corrected chi connectivity index (χ1v) is 5.47. The predicted molar refractivity (Wildman–Crippen MR) is 59.7 cm³/mol. The molecule has 2 rings (SSSR count). The van der Waals surface area contributed by atoms with Crippen LogP contribution in [0.3, 0.4) is 0 Å². The lowest BCUT2D eigenvalue weighted by atomic mass is 10.1. The molecule has 1 heterocycles. The molecule has 0 spiro atoms. The molecule has 0 fully saturated rings. The largest absolute Gasteiger partial charge is 0.273 e. The number of imide groups is 1. The van der Waals surface area contributed by atoms with Crippen molar-refractivity contribution in [3.8, 4) is 6.07 Å². The maximum atomic E-state index is 11.9. The highest BCUT2D eigenvalue weighted by Gasteiger charge is 2.36. The third-order valence-electron chi connectivity index (χ3n) is 2.40. The Bertz CT molecular complexity index is 519. The summed E-state index contributed by atoms with van der Waals surface area (Å²) in [5, 5.41) is 8.46. The summed E-state index contributed by atoms with van der Waals surface area (Å²) < 4.78 is 0.614. The molecule has 80 valence electrons. The lowest BCUT2D eigenvalue weighted by Gasteiger charge is -2.10. The van der Waals surface area contributed by atoms with E-state index in [2.05, 4.69) is 15.9 Å². The van der Waals surface area contributed by atoms with E-state index in [1.165, 1.54) is 0 Å². The molecule has 0 unspecified atom stereocenters. The highest BCUT2D eigenvalue weighted by Crippen LogP contribution is 2.29. The molecule has 0 aliphatic carbocycles. The molecule has 0 aromatic heterocycles. The van der Waals surface area contributed by atoms with Gasteiger partial charge in [0.05, 0.1) is 23.6 Å². The van der Waals surface area contributed by atoms with Gasteiger partial charge in [0.1, 0.15) is 0 Å². The second-order valence-corrected chi connectivity index (χ2v) is 4.19. The number of benzene rings is 1. The Balaban J connectivity index is 2.42. The van der Waals surface area contributed by atoms with Crippen LogP contribution in [0, 0.1) is 11.3 Å². The average molecular weight is 279 g/mol. The van der Waals surface area contributed by atoms with Gasteiger partial charge in [-0.25, -0.2) is 0 Å². The van der Waals surface area contributed by atoms with Crippen molar-refractivity contribution in [2.75, 3.05) is 6.54 Å². The molecule has 0 N–H and O–H groups in total. The molecule has 1 aliphatic heterocycles. The predicted octanol–water partition coefficient (Wildman–Crippen LogP) is 1.96. The van der Waals surface area contributed by atoms with Crippen LogP contribution in [-0.4, -0.2) is 23.3 Å². The molecule has 4 nitrogen and oxygen atoms in total. The molecule has 2 amide bonds. The minimum atomic E-state index is -0.331. The van der Waals surface area contributed by atoms with Crippen molar-refractivity contribution in [3.63, 3.8) is 0 Å². The van der Waals surface area contributed by atoms with Gasteiger partial charge >= 0.3 is 0 Å². The van der Waals surface area contributed by atoms with Crippen LogP contribution in [0.2, 0.25) is 0 Å². The van der Waals surface area contributed by atoms with Crippen LogP contribution in [0.15, 0.2) is 22.7 Å². The van der Waals surface area contributed by atoms with Gasteiger partial charge in [-0.2, -0.15) is 5.26 Å². The van der Waals surface area contributed by atoms with Gasteiger partial charge in [-0.3, -0.25) is 14.5 Å². The molecule has 0 saturated heterocycles. The zero-order chi connectivity index (χ0) is 11.7. The lowest BCUT2D eigenvalue weighted by Crippen LogP contribution is -2.30. The number of nitrogens with zero attached hydrogens (tertiary/aromatic N) is 2. The van der Waals surface area contributed by atoms with Crippen molar-refractivity contribution in [2.24, 2.45) is 0 Å². The highest BCUT2D eigenvalue weighted by molar-refractivity contribution is 9.10. The average Bonchev–Trinajstić information content (AvgIpc) is 2.51. The van der Waals surface area contributed by atoms with Crippen molar-refractivity contribution >= 4 is 27.7 Å². The zero-order valence-electron chi connectivity index (χ0n) is 8.24. The Morgan fingerprint density at radius 1 is 1.31 bits per heavy atom. The Kier molecular flexibility index (Phi) is 2.75. The van der Waals surface area contributed by atoms with Crippen LogP contribution in [0.25, 0.3) is 0 Å². The first kappa shape index (κ1) is 10.8. The molecule has 0 atom stereocenters. The van der Waals surface area contributed by atoms with E-state index >= 15 is 0 Å². The maximum Gasteiger partial charge on any atom is 0.262 e. The topological polar surface area (TPSA) is 61.2 Å². The van der Waals surface area contributed by atoms with Crippen molar-refractivity contribution in [2.45, 2.75) is 6.42 Å². The molecule has 0 radical (unpaired) electrons. The summed E-state index contributed by atoms with van der Waals surface area (Å²) in [5.74, 6) is -0.653. The fourth-order valence-corrected chi connectivity index (χ4v) is 2.19. The molecular weight excluding hydrogens is 272 g/mol. The van der Waals surface area contributed by atoms with Crippen molar-refractivity contribution in [1.29, 1.82) is 5.26 Å². The zero-order valence-corrected chi connectivity index (χ0v) is 9.82. The molecule has 0 saturated carbocycles. The molecule has 16 heavy (non-hydrogen) atoms. The van der Waals surface area contributed by atoms with E-state index in [1.807, 2.05) is 6.07 Å². The lowest BCUT2D eigenvalue weighted by molar-refractivity contribution is 0.0657. The molecule has 1 aliphatic rings. The minimum absolute atomic E-state index is 0.148.